The second kappa shape index (κ2) is 10.3. The molecule has 0 atom stereocenters. The lowest BCUT2D eigenvalue weighted by molar-refractivity contribution is -0.117. The second-order valence-corrected chi connectivity index (χ2v) is 7.67. The van der Waals surface area contributed by atoms with Crippen LogP contribution in [0.25, 0.3) is 5.69 Å². The van der Waals surface area contributed by atoms with Crippen molar-refractivity contribution in [3.05, 3.63) is 71.0 Å². The maximum atomic E-state index is 12.5. The minimum Gasteiger partial charge on any atom is -0.493 e. The van der Waals surface area contributed by atoms with E-state index < -0.39 is 0 Å². The monoisotopic (exact) mass is 426 g/mol. The van der Waals surface area contributed by atoms with Crippen LogP contribution in [0.1, 0.15) is 17.8 Å². The third-order valence-corrected chi connectivity index (χ3v) is 4.95. The van der Waals surface area contributed by atoms with Crippen molar-refractivity contribution in [2.75, 3.05) is 32.1 Å². The molecule has 6 nitrogen and oxygen atoms in total. The lowest BCUT2D eigenvalue weighted by Gasteiger charge is -2.16. The molecule has 158 valence electrons. The number of ether oxygens (including phenoxy) is 1. The van der Waals surface area contributed by atoms with Gasteiger partial charge in [-0.1, -0.05) is 35.9 Å². The summed E-state index contributed by atoms with van der Waals surface area (Å²) in [5.74, 6) is 0.691. The number of para-hydroxylation sites is 1. The van der Waals surface area contributed by atoms with Crippen molar-refractivity contribution < 1.29 is 9.53 Å². The van der Waals surface area contributed by atoms with Crippen LogP contribution >= 0.6 is 11.6 Å². The molecule has 7 heteroatoms. The average molecular weight is 427 g/mol. The van der Waals surface area contributed by atoms with Crippen molar-refractivity contribution in [3.63, 3.8) is 0 Å². The number of amides is 1. The first-order chi connectivity index (χ1) is 14.4. The molecule has 1 heterocycles. The van der Waals surface area contributed by atoms with E-state index in [1.165, 1.54) is 0 Å². The van der Waals surface area contributed by atoms with E-state index in [2.05, 4.69) is 10.4 Å². The van der Waals surface area contributed by atoms with Crippen molar-refractivity contribution in [2.45, 2.75) is 20.3 Å². The maximum Gasteiger partial charge on any atom is 0.238 e. The summed E-state index contributed by atoms with van der Waals surface area (Å²) in [7, 11) is 1.92. The summed E-state index contributed by atoms with van der Waals surface area (Å²) in [5, 5.41) is 8.24. The first kappa shape index (κ1) is 21.9. The quantitative estimate of drug-likeness (QED) is 0.512. The van der Waals surface area contributed by atoms with E-state index in [1.807, 2.05) is 79.0 Å². The Balaban J connectivity index is 1.47. The molecule has 0 aliphatic heterocycles. The van der Waals surface area contributed by atoms with E-state index in [4.69, 9.17) is 16.3 Å². The van der Waals surface area contributed by atoms with Crippen molar-refractivity contribution in [2.24, 2.45) is 0 Å². The number of nitrogens with one attached hydrogen (secondary N) is 1. The van der Waals surface area contributed by atoms with E-state index >= 15 is 0 Å². The normalized spacial score (nSPS) is 11.0. The number of carbonyl (C=O) groups excluding carboxylic acids is 1. The number of carbonyl (C=O) groups is 1. The van der Waals surface area contributed by atoms with E-state index in [1.54, 1.807) is 6.07 Å². The summed E-state index contributed by atoms with van der Waals surface area (Å²) >= 11 is 5.95. The topological polar surface area (TPSA) is 59.4 Å². The van der Waals surface area contributed by atoms with Crippen molar-refractivity contribution >= 4 is 23.2 Å². The van der Waals surface area contributed by atoms with Crippen LogP contribution in [0.4, 0.5) is 5.69 Å². The van der Waals surface area contributed by atoms with Crippen LogP contribution in [0.15, 0.2) is 54.6 Å². The van der Waals surface area contributed by atoms with Gasteiger partial charge in [0, 0.05) is 11.6 Å². The van der Waals surface area contributed by atoms with Gasteiger partial charge in [0.1, 0.15) is 5.75 Å². The highest BCUT2D eigenvalue weighted by Crippen LogP contribution is 2.22. The molecule has 30 heavy (non-hydrogen) atoms. The van der Waals surface area contributed by atoms with Gasteiger partial charge in [-0.05, 0) is 57.6 Å². The van der Waals surface area contributed by atoms with Crippen molar-refractivity contribution in [1.29, 1.82) is 0 Å². The number of halogens is 1. The number of benzene rings is 2. The molecule has 0 spiro atoms. The van der Waals surface area contributed by atoms with Gasteiger partial charge in [0.05, 0.1) is 35.9 Å². The third-order valence-electron chi connectivity index (χ3n) is 4.72. The Morgan fingerprint density at radius 3 is 2.67 bits per heavy atom. The molecule has 3 rings (SSSR count). The Morgan fingerprint density at radius 1 is 1.17 bits per heavy atom. The molecular weight excluding hydrogens is 400 g/mol. The highest BCUT2D eigenvalue weighted by molar-refractivity contribution is 6.30. The van der Waals surface area contributed by atoms with Gasteiger partial charge < -0.3 is 10.1 Å². The van der Waals surface area contributed by atoms with Gasteiger partial charge in [0.2, 0.25) is 5.91 Å². The van der Waals surface area contributed by atoms with Gasteiger partial charge in [0.25, 0.3) is 0 Å². The number of hydrogen-bond acceptors (Lipinski definition) is 4. The van der Waals surface area contributed by atoms with Crippen molar-refractivity contribution in [3.8, 4) is 11.4 Å². The lowest BCUT2D eigenvalue weighted by atomic mass is 10.3. The minimum absolute atomic E-state index is 0.0629. The van der Waals surface area contributed by atoms with Crippen LogP contribution in [0, 0.1) is 13.8 Å². The molecule has 0 bridgehead atoms. The van der Waals surface area contributed by atoms with Crippen molar-refractivity contribution in [1.82, 2.24) is 14.7 Å². The third kappa shape index (κ3) is 5.84. The number of hydrogen-bond donors (Lipinski definition) is 1. The molecule has 3 aromatic rings. The molecule has 0 unspecified atom stereocenters. The number of likely N-dealkylation sites (N-methyl/N-ethyl adjacent to an activating group) is 1. The maximum absolute atomic E-state index is 12.5. The van der Waals surface area contributed by atoms with Crippen LogP contribution in [0.2, 0.25) is 5.02 Å². The van der Waals surface area contributed by atoms with Crippen LogP contribution in [-0.4, -0.2) is 47.3 Å². The Morgan fingerprint density at radius 2 is 1.93 bits per heavy atom. The molecule has 0 saturated heterocycles. The highest BCUT2D eigenvalue weighted by Gasteiger charge is 2.16. The fraction of sp³-hybridized carbons (Fsp3) is 0.304. The van der Waals surface area contributed by atoms with Gasteiger partial charge in [-0.15, -0.1) is 0 Å². The first-order valence-corrected chi connectivity index (χ1v) is 10.3. The van der Waals surface area contributed by atoms with E-state index in [-0.39, 0.29) is 5.91 Å². The standard InChI is InChI=1S/C23H27ClN4O2/c1-17-23(18(2)28(26-17)20-10-5-4-6-11-20)25-22(29)16-27(3)13-8-14-30-21-12-7-9-19(24)15-21/h4-7,9-12,15H,8,13-14,16H2,1-3H3,(H,25,29). The van der Waals surface area contributed by atoms with Gasteiger partial charge >= 0.3 is 0 Å². The van der Waals surface area contributed by atoms with Gasteiger partial charge in [-0.25, -0.2) is 4.68 Å². The summed E-state index contributed by atoms with van der Waals surface area (Å²) in [6.45, 7) is 5.47. The first-order valence-electron chi connectivity index (χ1n) is 9.92. The van der Waals surface area contributed by atoms with Gasteiger partial charge in [0.15, 0.2) is 0 Å². The Hall–Kier alpha value is -2.83. The van der Waals surface area contributed by atoms with Crippen LogP contribution in [0.5, 0.6) is 5.75 Å². The fourth-order valence-corrected chi connectivity index (χ4v) is 3.41. The fourth-order valence-electron chi connectivity index (χ4n) is 3.23. The molecule has 0 fully saturated rings. The van der Waals surface area contributed by atoms with Gasteiger partial charge in [-0.3, -0.25) is 9.69 Å². The molecule has 0 saturated carbocycles. The molecule has 1 amide bonds. The Labute approximate surface area is 182 Å². The van der Waals surface area contributed by atoms with Crippen LogP contribution in [-0.2, 0) is 4.79 Å². The number of anilines is 1. The summed E-state index contributed by atoms with van der Waals surface area (Å²) < 4.78 is 7.54. The van der Waals surface area contributed by atoms with E-state index in [0.717, 1.165) is 41.5 Å². The predicted octanol–water partition coefficient (Wildman–Crippen LogP) is 4.48. The number of aryl methyl sites for hydroxylation is 1. The number of rotatable bonds is 9. The summed E-state index contributed by atoms with van der Waals surface area (Å²) in [6.07, 6.45) is 0.806. The zero-order valence-corrected chi connectivity index (χ0v) is 18.3. The number of aromatic nitrogens is 2. The zero-order valence-electron chi connectivity index (χ0n) is 17.6. The summed E-state index contributed by atoms with van der Waals surface area (Å²) in [5.41, 5.74) is 3.43. The predicted molar refractivity (Wildman–Crippen MR) is 121 cm³/mol. The lowest BCUT2D eigenvalue weighted by Crippen LogP contribution is -2.31. The number of nitrogens with zero attached hydrogens (tertiary/aromatic N) is 3. The van der Waals surface area contributed by atoms with E-state index in [0.29, 0.717) is 18.2 Å². The summed E-state index contributed by atoms with van der Waals surface area (Å²) in [4.78, 5) is 14.5. The summed E-state index contributed by atoms with van der Waals surface area (Å²) in [6, 6.07) is 17.2. The molecule has 0 aliphatic carbocycles. The smallest absolute Gasteiger partial charge is 0.238 e. The largest absolute Gasteiger partial charge is 0.493 e. The molecular formula is C23H27ClN4O2. The van der Waals surface area contributed by atoms with Gasteiger partial charge in [-0.2, -0.15) is 5.10 Å². The highest BCUT2D eigenvalue weighted by atomic mass is 35.5. The Bertz CT molecular complexity index is 988. The average Bonchev–Trinajstić information content (AvgIpc) is 3.00. The van der Waals surface area contributed by atoms with Crippen LogP contribution in [0.3, 0.4) is 0 Å². The molecule has 1 N–H and O–H groups in total. The molecule has 0 aliphatic rings. The molecule has 1 aromatic heterocycles. The zero-order chi connectivity index (χ0) is 21.5. The SMILES string of the molecule is Cc1nn(-c2ccccc2)c(C)c1NC(=O)CN(C)CCCOc1cccc(Cl)c1. The minimum atomic E-state index is -0.0629. The van der Waals surface area contributed by atoms with Crippen LogP contribution < -0.4 is 10.1 Å². The Kier molecular flexibility index (Phi) is 7.49. The molecule has 0 radical (unpaired) electrons. The van der Waals surface area contributed by atoms with E-state index in [9.17, 15) is 4.79 Å². The second-order valence-electron chi connectivity index (χ2n) is 7.24. The molecule has 2 aromatic carbocycles.